The Morgan fingerprint density at radius 2 is 2.17 bits per heavy atom. The van der Waals surface area contributed by atoms with E-state index in [1.807, 2.05) is 18.2 Å². The number of rotatable bonds is 7. The van der Waals surface area contributed by atoms with Gasteiger partial charge in [-0.05, 0) is 24.5 Å². The lowest BCUT2D eigenvalue weighted by molar-refractivity contribution is -0.122. The van der Waals surface area contributed by atoms with Crippen LogP contribution in [-0.4, -0.2) is 30.0 Å². The van der Waals surface area contributed by atoms with Crippen LogP contribution in [0, 0.1) is 5.92 Å². The van der Waals surface area contributed by atoms with Crippen LogP contribution in [0.2, 0.25) is 0 Å². The predicted octanol–water partition coefficient (Wildman–Crippen LogP) is 0.983. The maximum Gasteiger partial charge on any atom is 0.236 e. The summed E-state index contributed by atoms with van der Waals surface area (Å²) in [5.74, 6) is 1.14. The molecule has 0 fully saturated rings. The molecule has 5 nitrogen and oxygen atoms in total. The van der Waals surface area contributed by atoms with E-state index in [0.717, 1.165) is 5.82 Å². The van der Waals surface area contributed by atoms with Crippen LogP contribution in [-0.2, 0) is 4.79 Å². The molecule has 0 saturated heterocycles. The van der Waals surface area contributed by atoms with Crippen LogP contribution in [0.1, 0.15) is 20.3 Å². The molecule has 0 aliphatic heterocycles. The summed E-state index contributed by atoms with van der Waals surface area (Å²) >= 11 is 0. The van der Waals surface area contributed by atoms with Crippen LogP contribution in [0.3, 0.4) is 0 Å². The van der Waals surface area contributed by atoms with E-state index < -0.39 is 6.04 Å². The van der Waals surface area contributed by atoms with E-state index in [1.54, 1.807) is 6.20 Å². The van der Waals surface area contributed by atoms with Crippen molar-refractivity contribution in [2.45, 2.75) is 26.3 Å². The van der Waals surface area contributed by atoms with E-state index in [0.29, 0.717) is 25.4 Å². The molecule has 4 N–H and O–H groups in total. The first-order chi connectivity index (χ1) is 8.59. The molecule has 1 aromatic rings. The van der Waals surface area contributed by atoms with Crippen LogP contribution in [0.25, 0.3) is 0 Å². The molecule has 1 amide bonds. The maximum atomic E-state index is 11.6. The van der Waals surface area contributed by atoms with Gasteiger partial charge in [-0.3, -0.25) is 4.79 Å². The van der Waals surface area contributed by atoms with E-state index in [9.17, 15) is 4.79 Å². The van der Waals surface area contributed by atoms with E-state index in [1.165, 1.54) is 0 Å². The van der Waals surface area contributed by atoms with Gasteiger partial charge in [0.05, 0.1) is 6.04 Å². The van der Waals surface area contributed by atoms with Crippen LogP contribution >= 0.6 is 0 Å². The topological polar surface area (TPSA) is 80.0 Å². The Morgan fingerprint density at radius 1 is 1.39 bits per heavy atom. The van der Waals surface area contributed by atoms with Gasteiger partial charge in [-0.1, -0.05) is 19.9 Å². The highest BCUT2D eigenvalue weighted by molar-refractivity contribution is 5.81. The minimum absolute atomic E-state index is 0.0912. The van der Waals surface area contributed by atoms with Gasteiger partial charge in [-0.2, -0.15) is 0 Å². The lowest BCUT2D eigenvalue weighted by Gasteiger charge is -2.14. The molecular formula is C13H22N4O. The predicted molar refractivity (Wildman–Crippen MR) is 73.2 cm³/mol. The Balaban J connectivity index is 2.16. The Hall–Kier alpha value is -1.62. The summed E-state index contributed by atoms with van der Waals surface area (Å²) < 4.78 is 0. The third-order valence-corrected chi connectivity index (χ3v) is 2.46. The zero-order chi connectivity index (χ0) is 13.4. The molecule has 1 aromatic heterocycles. The second-order valence-corrected chi connectivity index (χ2v) is 4.67. The molecule has 1 rings (SSSR count). The van der Waals surface area contributed by atoms with Crippen molar-refractivity contribution in [1.29, 1.82) is 0 Å². The van der Waals surface area contributed by atoms with Crippen molar-refractivity contribution in [3.63, 3.8) is 0 Å². The molecule has 0 saturated carbocycles. The SMILES string of the molecule is CC(C)CC(N)C(=O)NCCNc1ccccn1. The normalized spacial score (nSPS) is 12.2. The molecular weight excluding hydrogens is 228 g/mol. The Kier molecular flexibility index (Phi) is 6.14. The number of hydrogen-bond donors (Lipinski definition) is 3. The lowest BCUT2D eigenvalue weighted by Crippen LogP contribution is -2.42. The van der Waals surface area contributed by atoms with Crippen molar-refractivity contribution in [1.82, 2.24) is 10.3 Å². The molecule has 100 valence electrons. The molecule has 0 spiro atoms. The number of carbonyl (C=O) groups excluding carboxylic acids is 1. The van der Waals surface area contributed by atoms with Gasteiger partial charge in [0.2, 0.25) is 5.91 Å². The second-order valence-electron chi connectivity index (χ2n) is 4.67. The van der Waals surface area contributed by atoms with Gasteiger partial charge in [-0.25, -0.2) is 4.98 Å². The first kappa shape index (κ1) is 14.4. The lowest BCUT2D eigenvalue weighted by atomic mass is 10.0. The number of pyridine rings is 1. The quantitative estimate of drug-likeness (QED) is 0.630. The zero-order valence-corrected chi connectivity index (χ0v) is 11.0. The van der Waals surface area contributed by atoms with Gasteiger partial charge in [0.25, 0.3) is 0 Å². The number of nitrogens with one attached hydrogen (secondary N) is 2. The summed E-state index contributed by atoms with van der Waals surface area (Å²) in [4.78, 5) is 15.7. The zero-order valence-electron chi connectivity index (χ0n) is 11.0. The van der Waals surface area contributed by atoms with Crippen molar-refractivity contribution < 1.29 is 4.79 Å². The smallest absolute Gasteiger partial charge is 0.236 e. The summed E-state index contributed by atoms with van der Waals surface area (Å²) in [6.07, 6.45) is 2.43. The number of carbonyl (C=O) groups is 1. The van der Waals surface area contributed by atoms with Crippen molar-refractivity contribution in [3.05, 3.63) is 24.4 Å². The van der Waals surface area contributed by atoms with Crippen LogP contribution in [0.4, 0.5) is 5.82 Å². The van der Waals surface area contributed by atoms with Gasteiger partial charge < -0.3 is 16.4 Å². The molecule has 5 heteroatoms. The molecule has 0 aromatic carbocycles. The van der Waals surface area contributed by atoms with E-state index in [2.05, 4.69) is 29.5 Å². The summed E-state index contributed by atoms with van der Waals surface area (Å²) in [5, 5.41) is 5.92. The fraction of sp³-hybridized carbons (Fsp3) is 0.538. The van der Waals surface area contributed by atoms with Crippen molar-refractivity contribution in [2.24, 2.45) is 11.7 Å². The second kappa shape index (κ2) is 7.66. The fourth-order valence-corrected chi connectivity index (χ4v) is 1.59. The summed E-state index contributed by atoms with van der Waals surface area (Å²) in [7, 11) is 0. The monoisotopic (exact) mass is 250 g/mol. The van der Waals surface area contributed by atoms with Gasteiger partial charge >= 0.3 is 0 Å². The summed E-state index contributed by atoms with van der Waals surface area (Å²) in [6.45, 7) is 5.28. The average Bonchev–Trinajstić information content (AvgIpc) is 2.34. The highest BCUT2D eigenvalue weighted by atomic mass is 16.2. The molecule has 0 bridgehead atoms. The molecule has 0 radical (unpaired) electrons. The van der Waals surface area contributed by atoms with Crippen LogP contribution in [0.5, 0.6) is 0 Å². The molecule has 1 heterocycles. The largest absolute Gasteiger partial charge is 0.368 e. The molecule has 18 heavy (non-hydrogen) atoms. The number of anilines is 1. The molecule has 0 aliphatic carbocycles. The molecule has 0 aliphatic rings. The molecule has 1 atom stereocenters. The first-order valence-corrected chi connectivity index (χ1v) is 6.27. The minimum atomic E-state index is -0.417. The maximum absolute atomic E-state index is 11.6. The Bertz CT molecular complexity index is 353. The van der Waals surface area contributed by atoms with Crippen molar-refractivity contribution >= 4 is 11.7 Å². The highest BCUT2D eigenvalue weighted by Gasteiger charge is 2.13. The number of amides is 1. The third-order valence-electron chi connectivity index (χ3n) is 2.46. The number of nitrogens with zero attached hydrogens (tertiary/aromatic N) is 1. The van der Waals surface area contributed by atoms with Crippen LogP contribution < -0.4 is 16.4 Å². The standard InChI is InChI=1S/C13H22N4O/c1-10(2)9-11(14)13(18)17-8-7-16-12-5-3-4-6-15-12/h3-6,10-11H,7-9,14H2,1-2H3,(H,15,16)(H,17,18). The number of nitrogens with two attached hydrogens (primary N) is 1. The number of hydrogen-bond acceptors (Lipinski definition) is 4. The van der Waals surface area contributed by atoms with Gasteiger partial charge in [0.15, 0.2) is 0 Å². The van der Waals surface area contributed by atoms with E-state index >= 15 is 0 Å². The average molecular weight is 250 g/mol. The van der Waals surface area contributed by atoms with Gasteiger partial charge in [-0.15, -0.1) is 0 Å². The molecule has 1 unspecified atom stereocenters. The summed E-state index contributed by atoms with van der Waals surface area (Å²) in [6, 6.07) is 5.23. The van der Waals surface area contributed by atoms with Gasteiger partial charge in [0, 0.05) is 19.3 Å². The summed E-state index contributed by atoms with van der Waals surface area (Å²) in [5.41, 5.74) is 5.77. The van der Waals surface area contributed by atoms with Gasteiger partial charge in [0.1, 0.15) is 5.82 Å². The van der Waals surface area contributed by atoms with Crippen LogP contribution in [0.15, 0.2) is 24.4 Å². The highest BCUT2D eigenvalue weighted by Crippen LogP contribution is 2.02. The fourth-order valence-electron chi connectivity index (χ4n) is 1.59. The Labute approximate surface area is 108 Å². The van der Waals surface area contributed by atoms with Crippen molar-refractivity contribution in [2.75, 3.05) is 18.4 Å². The van der Waals surface area contributed by atoms with E-state index in [4.69, 9.17) is 5.73 Å². The number of aromatic nitrogens is 1. The first-order valence-electron chi connectivity index (χ1n) is 6.27. The Morgan fingerprint density at radius 3 is 2.78 bits per heavy atom. The third kappa shape index (κ3) is 5.63. The minimum Gasteiger partial charge on any atom is -0.368 e. The van der Waals surface area contributed by atoms with E-state index in [-0.39, 0.29) is 5.91 Å². The van der Waals surface area contributed by atoms with Crippen molar-refractivity contribution in [3.8, 4) is 0 Å².